The minimum absolute atomic E-state index is 0.0729. The quantitative estimate of drug-likeness (QED) is 0.838. The summed E-state index contributed by atoms with van der Waals surface area (Å²) in [6.45, 7) is 2.15. The third-order valence-electron chi connectivity index (χ3n) is 3.66. The third-order valence-corrected chi connectivity index (χ3v) is 3.66. The first-order valence-corrected chi connectivity index (χ1v) is 7.61. The number of hydrogen-bond acceptors (Lipinski definition) is 2. The molecule has 128 valence electrons. The van der Waals surface area contributed by atoms with Crippen LogP contribution in [0.2, 0.25) is 0 Å². The molecule has 0 radical (unpaired) electrons. The molecule has 2 rings (SSSR count). The molecule has 1 atom stereocenters. The number of hydrogen-bond donors (Lipinski definition) is 2. The zero-order chi connectivity index (χ0) is 17.5. The summed E-state index contributed by atoms with van der Waals surface area (Å²) in [5, 5.41) is 5.35. The fraction of sp³-hybridized carbons (Fsp3) is 0.278. The summed E-state index contributed by atoms with van der Waals surface area (Å²) in [7, 11) is 1.62. The van der Waals surface area contributed by atoms with Gasteiger partial charge in [0.15, 0.2) is 0 Å². The Kier molecular flexibility index (Phi) is 6.26. The first-order valence-electron chi connectivity index (χ1n) is 7.61. The Morgan fingerprint density at radius 3 is 2.71 bits per heavy atom. The first-order chi connectivity index (χ1) is 11.5. The van der Waals surface area contributed by atoms with Crippen LogP contribution in [-0.4, -0.2) is 19.7 Å². The highest BCUT2D eigenvalue weighted by molar-refractivity contribution is 5.89. The van der Waals surface area contributed by atoms with Crippen molar-refractivity contribution in [2.24, 2.45) is 0 Å². The van der Waals surface area contributed by atoms with Gasteiger partial charge in [0.25, 0.3) is 0 Å². The van der Waals surface area contributed by atoms with Crippen LogP contribution in [-0.2, 0) is 11.2 Å². The number of carbonyl (C=O) groups excluding carboxylic acids is 1. The molecule has 0 saturated heterocycles. The number of carbonyl (C=O) groups is 1. The zero-order valence-electron chi connectivity index (χ0n) is 13.6. The molecule has 0 aliphatic rings. The van der Waals surface area contributed by atoms with Crippen molar-refractivity contribution in [1.29, 1.82) is 0 Å². The van der Waals surface area contributed by atoms with E-state index in [4.69, 9.17) is 4.74 Å². The number of ether oxygens (including phenoxy) is 1. The molecule has 4 nitrogen and oxygen atoms in total. The molecule has 0 aromatic heterocycles. The maximum Gasteiger partial charge on any atom is 0.319 e. The van der Waals surface area contributed by atoms with E-state index in [0.717, 1.165) is 11.6 Å². The van der Waals surface area contributed by atoms with Crippen LogP contribution < -0.4 is 10.6 Å². The van der Waals surface area contributed by atoms with E-state index in [1.165, 1.54) is 12.1 Å². The Labute approximate surface area is 139 Å². The molecule has 0 aliphatic carbocycles. The maximum absolute atomic E-state index is 13.5. The lowest BCUT2D eigenvalue weighted by atomic mass is 10.1. The van der Waals surface area contributed by atoms with E-state index in [9.17, 15) is 13.6 Å². The predicted molar refractivity (Wildman–Crippen MR) is 88.9 cm³/mol. The summed E-state index contributed by atoms with van der Waals surface area (Å²) in [6, 6.07) is 10.3. The largest absolute Gasteiger partial charge is 0.377 e. The lowest BCUT2D eigenvalue weighted by Gasteiger charge is -2.12. The summed E-state index contributed by atoms with van der Waals surface area (Å²) < 4.78 is 31.6. The second kappa shape index (κ2) is 8.40. The molecule has 2 aromatic carbocycles. The Bertz CT molecular complexity index is 707. The van der Waals surface area contributed by atoms with E-state index in [0.29, 0.717) is 11.3 Å². The third kappa shape index (κ3) is 5.03. The second-order valence-corrected chi connectivity index (χ2v) is 5.37. The van der Waals surface area contributed by atoms with Crippen LogP contribution in [0.3, 0.4) is 0 Å². The number of halogens is 2. The maximum atomic E-state index is 13.5. The van der Waals surface area contributed by atoms with E-state index in [2.05, 4.69) is 10.6 Å². The molecule has 2 aromatic rings. The van der Waals surface area contributed by atoms with Crippen molar-refractivity contribution in [2.45, 2.75) is 19.4 Å². The van der Waals surface area contributed by atoms with Gasteiger partial charge in [-0.2, -0.15) is 0 Å². The monoisotopic (exact) mass is 334 g/mol. The van der Waals surface area contributed by atoms with Crippen molar-refractivity contribution in [1.82, 2.24) is 5.32 Å². The molecule has 6 heteroatoms. The first kappa shape index (κ1) is 17.9. The van der Waals surface area contributed by atoms with E-state index in [-0.39, 0.29) is 25.1 Å². The average Bonchev–Trinajstić information content (AvgIpc) is 2.56. The van der Waals surface area contributed by atoms with Crippen molar-refractivity contribution in [3.8, 4) is 0 Å². The highest BCUT2D eigenvalue weighted by Gasteiger charge is 2.07. The number of anilines is 1. The summed E-state index contributed by atoms with van der Waals surface area (Å²) in [6.07, 6.45) is 0.205. The molecule has 0 fully saturated rings. The number of urea groups is 1. The molecule has 2 N–H and O–H groups in total. The fourth-order valence-electron chi connectivity index (χ4n) is 2.22. The van der Waals surface area contributed by atoms with Crippen molar-refractivity contribution >= 4 is 11.7 Å². The highest BCUT2D eigenvalue weighted by atomic mass is 19.1. The van der Waals surface area contributed by atoms with Gasteiger partial charge in [0.1, 0.15) is 11.6 Å². The number of rotatable bonds is 6. The topological polar surface area (TPSA) is 50.4 Å². The number of benzene rings is 2. The lowest BCUT2D eigenvalue weighted by Crippen LogP contribution is -2.30. The molecular formula is C18H20F2N2O2. The molecule has 0 spiro atoms. The van der Waals surface area contributed by atoms with E-state index >= 15 is 0 Å². The predicted octanol–water partition coefficient (Wildman–Crippen LogP) is 4.04. The van der Waals surface area contributed by atoms with E-state index in [1.807, 2.05) is 25.1 Å². The summed E-state index contributed by atoms with van der Waals surface area (Å²) in [5.74, 6) is -1.23. The van der Waals surface area contributed by atoms with Gasteiger partial charge in [-0.15, -0.1) is 0 Å². The standard InChI is InChI=1S/C18H20F2N2O2/c1-12(24-2)14-4-3-5-16(10-14)22-18(23)21-9-8-13-6-7-15(19)11-17(13)20/h3-7,10-12H,8-9H2,1-2H3,(H2,21,22,23)/t12-/m0/s1. The van der Waals surface area contributed by atoms with Crippen LogP contribution in [0.15, 0.2) is 42.5 Å². The molecule has 2 amide bonds. The number of nitrogens with one attached hydrogen (secondary N) is 2. The van der Waals surface area contributed by atoms with E-state index in [1.54, 1.807) is 13.2 Å². The Morgan fingerprint density at radius 1 is 1.21 bits per heavy atom. The molecule has 0 aliphatic heterocycles. The molecule has 0 unspecified atom stereocenters. The van der Waals surface area contributed by atoms with Gasteiger partial charge >= 0.3 is 6.03 Å². The van der Waals surface area contributed by atoms with Crippen LogP contribution in [0, 0.1) is 11.6 Å². The summed E-state index contributed by atoms with van der Waals surface area (Å²) in [4.78, 5) is 11.9. The van der Waals surface area contributed by atoms with E-state index < -0.39 is 11.6 Å². The number of amides is 2. The van der Waals surface area contributed by atoms with Crippen molar-refractivity contribution < 1.29 is 18.3 Å². The van der Waals surface area contributed by atoms with Gasteiger partial charge in [-0.05, 0) is 42.7 Å². The van der Waals surface area contributed by atoms with Gasteiger partial charge in [-0.1, -0.05) is 18.2 Å². The van der Waals surface area contributed by atoms with Crippen LogP contribution in [0.1, 0.15) is 24.2 Å². The average molecular weight is 334 g/mol. The van der Waals surface area contributed by atoms with Gasteiger partial charge in [-0.3, -0.25) is 0 Å². The van der Waals surface area contributed by atoms with Gasteiger partial charge in [-0.25, -0.2) is 13.6 Å². The summed E-state index contributed by atoms with van der Waals surface area (Å²) >= 11 is 0. The zero-order valence-corrected chi connectivity index (χ0v) is 13.6. The Balaban J connectivity index is 1.85. The van der Waals surface area contributed by atoms with Crippen molar-refractivity contribution in [3.63, 3.8) is 0 Å². The Hall–Kier alpha value is -2.47. The van der Waals surface area contributed by atoms with Gasteiger partial charge in [0, 0.05) is 25.4 Å². The number of methoxy groups -OCH3 is 1. The van der Waals surface area contributed by atoms with Crippen LogP contribution in [0.5, 0.6) is 0 Å². The summed E-state index contributed by atoms with van der Waals surface area (Å²) in [5.41, 5.74) is 1.94. The SMILES string of the molecule is CO[C@@H](C)c1cccc(NC(=O)NCCc2ccc(F)cc2F)c1. The second-order valence-electron chi connectivity index (χ2n) is 5.37. The van der Waals surface area contributed by atoms with Gasteiger partial charge in [0.05, 0.1) is 6.10 Å². The Morgan fingerprint density at radius 2 is 2.00 bits per heavy atom. The fourth-order valence-corrected chi connectivity index (χ4v) is 2.22. The van der Waals surface area contributed by atoms with Crippen LogP contribution in [0.25, 0.3) is 0 Å². The molecule has 0 bridgehead atoms. The highest BCUT2D eigenvalue weighted by Crippen LogP contribution is 2.19. The van der Waals surface area contributed by atoms with Crippen LogP contribution >= 0.6 is 0 Å². The molecule has 0 saturated carbocycles. The molecule has 24 heavy (non-hydrogen) atoms. The minimum Gasteiger partial charge on any atom is -0.377 e. The van der Waals surface area contributed by atoms with Gasteiger partial charge in [0.2, 0.25) is 0 Å². The molecular weight excluding hydrogens is 314 g/mol. The van der Waals surface area contributed by atoms with Gasteiger partial charge < -0.3 is 15.4 Å². The lowest BCUT2D eigenvalue weighted by molar-refractivity contribution is 0.119. The minimum atomic E-state index is -0.618. The smallest absolute Gasteiger partial charge is 0.319 e. The normalized spacial score (nSPS) is 11.8. The van der Waals surface area contributed by atoms with Crippen molar-refractivity contribution in [3.05, 3.63) is 65.2 Å². The van der Waals surface area contributed by atoms with Crippen molar-refractivity contribution in [2.75, 3.05) is 19.0 Å². The molecule has 0 heterocycles. The van der Waals surface area contributed by atoms with Crippen LogP contribution in [0.4, 0.5) is 19.3 Å².